The highest BCUT2D eigenvalue weighted by Gasteiger charge is 2.15. The van der Waals surface area contributed by atoms with Gasteiger partial charge in [-0.1, -0.05) is 0 Å². The van der Waals surface area contributed by atoms with E-state index in [1.807, 2.05) is 0 Å². The molecular formula is C7H10BrNO2S2. The molecule has 1 aromatic rings. The molecule has 6 heteroatoms. The van der Waals surface area contributed by atoms with Crippen molar-refractivity contribution in [3.05, 3.63) is 15.9 Å². The summed E-state index contributed by atoms with van der Waals surface area (Å²) in [4.78, 5) is 0. The van der Waals surface area contributed by atoms with Gasteiger partial charge in [-0.15, -0.1) is 11.3 Å². The molecule has 13 heavy (non-hydrogen) atoms. The number of hydrogen-bond donors (Lipinski definition) is 1. The summed E-state index contributed by atoms with van der Waals surface area (Å²) < 4.78 is 24.4. The SMILES string of the molecule is CNCCS(=O)(=O)c1cc(Br)cs1. The summed E-state index contributed by atoms with van der Waals surface area (Å²) in [5.41, 5.74) is 0. The summed E-state index contributed by atoms with van der Waals surface area (Å²) in [5, 5.41) is 4.58. The number of hydrogen-bond acceptors (Lipinski definition) is 4. The summed E-state index contributed by atoms with van der Waals surface area (Å²) in [5.74, 6) is 0.149. The Bertz CT molecular complexity index is 372. The molecule has 74 valence electrons. The van der Waals surface area contributed by atoms with E-state index in [0.717, 1.165) is 4.47 Å². The van der Waals surface area contributed by atoms with Gasteiger partial charge < -0.3 is 5.32 Å². The van der Waals surface area contributed by atoms with E-state index in [1.54, 1.807) is 18.5 Å². The molecule has 0 radical (unpaired) electrons. The average molecular weight is 284 g/mol. The molecule has 1 rings (SSSR count). The normalized spacial score (nSPS) is 11.8. The summed E-state index contributed by atoms with van der Waals surface area (Å²) in [6.45, 7) is 0.484. The lowest BCUT2D eigenvalue weighted by atomic mass is 10.7. The van der Waals surface area contributed by atoms with E-state index in [2.05, 4.69) is 21.2 Å². The van der Waals surface area contributed by atoms with Gasteiger partial charge in [-0.25, -0.2) is 8.42 Å². The monoisotopic (exact) mass is 283 g/mol. The van der Waals surface area contributed by atoms with E-state index in [9.17, 15) is 8.42 Å². The number of nitrogens with one attached hydrogen (secondary N) is 1. The van der Waals surface area contributed by atoms with Crippen LogP contribution in [-0.2, 0) is 9.84 Å². The van der Waals surface area contributed by atoms with Crippen molar-refractivity contribution in [1.82, 2.24) is 5.32 Å². The van der Waals surface area contributed by atoms with Crippen LogP contribution in [0, 0.1) is 0 Å². The van der Waals surface area contributed by atoms with Gasteiger partial charge >= 0.3 is 0 Å². The van der Waals surface area contributed by atoms with Gasteiger partial charge in [0.1, 0.15) is 4.21 Å². The molecule has 0 bridgehead atoms. The summed E-state index contributed by atoms with van der Waals surface area (Å²) in [6.07, 6.45) is 0. The Morgan fingerprint density at radius 3 is 2.77 bits per heavy atom. The van der Waals surface area contributed by atoms with Gasteiger partial charge in [0.25, 0.3) is 0 Å². The fraction of sp³-hybridized carbons (Fsp3) is 0.429. The third kappa shape index (κ3) is 3.05. The third-order valence-electron chi connectivity index (χ3n) is 1.47. The van der Waals surface area contributed by atoms with Crippen LogP contribution in [0.2, 0.25) is 0 Å². The second kappa shape index (κ2) is 4.54. The van der Waals surface area contributed by atoms with Gasteiger partial charge in [0.2, 0.25) is 0 Å². The maximum Gasteiger partial charge on any atom is 0.189 e. The molecule has 0 aromatic carbocycles. The van der Waals surface area contributed by atoms with Crippen LogP contribution >= 0.6 is 27.3 Å². The van der Waals surface area contributed by atoms with Gasteiger partial charge in [-0.05, 0) is 29.0 Å². The summed E-state index contributed by atoms with van der Waals surface area (Å²) in [6, 6.07) is 1.63. The Morgan fingerprint density at radius 1 is 1.62 bits per heavy atom. The topological polar surface area (TPSA) is 46.2 Å². The predicted molar refractivity (Wildman–Crippen MR) is 58.0 cm³/mol. The number of sulfone groups is 1. The molecule has 1 N–H and O–H groups in total. The Hall–Kier alpha value is 0.0900. The number of rotatable bonds is 4. The van der Waals surface area contributed by atoms with Gasteiger partial charge in [0.05, 0.1) is 5.75 Å². The molecule has 1 heterocycles. The first-order valence-corrected chi connectivity index (χ1v) is 7.00. The fourth-order valence-electron chi connectivity index (χ4n) is 0.795. The lowest BCUT2D eigenvalue weighted by molar-refractivity contribution is 0.595. The first kappa shape index (κ1) is 11.2. The van der Waals surface area contributed by atoms with Crippen LogP contribution in [0.3, 0.4) is 0 Å². The van der Waals surface area contributed by atoms with Gasteiger partial charge in [-0.2, -0.15) is 0 Å². The lowest BCUT2D eigenvalue weighted by Crippen LogP contribution is -2.18. The van der Waals surface area contributed by atoms with Crippen molar-refractivity contribution < 1.29 is 8.42 Å². The van der Waals surface area contributed by atoms with Crippen LogP contribution in [0.4, 0.5) is 0 Å². The smallest absolute Gasteiger partial charge is 0.189 e. The molecule has 0 fully saturated rings. The minimum Gasteiger partial charge on any atom is -0.319 e. The van der Waals surface area contributed by atoms with Gasteiger partial charge in [0.15, 0.2) is 9.84 Å². The number of halogens is 1. The Morgan fingerprint density at radius 2 is 2.31 bits per heavy atom. The molecule has 0 aliphatic carbocycles. The minimum absolute atomic E-state index is 0.149. The lowest BCUT2D eigenvalue weighted by Gasteiger charge is -1.99. The summed E-state index contributed by atoms with van der Waals surface area (Å²) in [7, 11) is -1.34. The van der Waals surface area contributed by atoms with Crippen LogP contribution in [0.15, 0.2) is 20.1 Å². The first-order chi connectivity index (χ1) is 6.06. The van der Waals surface area contributed by atoms with Crippen molar-refractivity contribution in [2.24, 2.45) is 0 Å². The van der Waals surface area contributed by atoms with Crippen molar-refractivity contribution >= 4 is 37.1 Å². The van der Waals surface area contributed by atoms with E-state index in [4.69, 9.17) is 0 Å². The molecular weight excluding hydrogens is 274 g/mol. The summed E-state index contributed by atoms with van der Waals surface area (Å²) >= 11 is 4.47. The molecule has 0 unspecified atom stereocenters. The van der Waals surface area contributed by atoms with Crippen molar-refractivity contribution in [3.8, 4) is 0 Å². The van der Waals surface area contributed by atoms with Crippen LogP contribution in [0.1, 0.15) is 0 Å². The van der Waals surface area contributed by atoms with Crippen molar-refractivity contribution in [2.75, 3.05) is 19.3 Å². The van der Waals surface area contributed by atoms with E-state index in [0.29, 0.717) is 10.8 Å². The highest BCUT2D eigenvalue weighted by molar-refractivity contribution is 9.10. The largest absolute Gasteiger partial charge is 0.319 e. The second-order valence-electron chi connectivity index (χ2n) is 2.51. The molecule has 0 aliphatic heterocycles. The van der Waals surface area contributed by atoms with Crippen LogP contribution < -0.4 is 5.32 Å². The maximum absolute atomic E-state index is 11.6. The van der Waals surface area contributed by atoms with E-state index < -0.39 is 9.84 Å². The van der Waals surface area contributed by atoms with Gasteiger partial charge in [-0.3, -0.25) is 0 Å². The maximum atomic E-state index is 11.6. The zero-order valence-corrected chi connectivity index (χ0v) is 10.3. The van der Waals surface area contributed by atoms with Crippen LogP contribution in [0.25, 0.3) is 0 Å². The fourth-order valence-corrected chi connectivity index (χ4v) is 4.06. The predicted octanol–water partition coefficient (Wildman–Crippen LogP) is 1.50. The van der Waals surface area contributed by atoms with E-state index >= 15 is 0 Å². The van der Waals surface area contributed by atoms with Crippen molar-refractivity contribution in [1.29, 1.82) is 0 Å². The van der Waals surface area contributed by atoms with E-state index in [1.165, 1.54) is 11.3 Å². The molecule has 3 nitrogen and oxygen atoms in total. The Balaban J connectivity index is 2.82. The molecule has 1 aromatic heterocycles. The van der Waals surface area contributed by atoms with E-state index in [-0.39, 0.29) is 5.75 Å². The highest BCUT2D eigenvalue weighted by Crippen LogP contribution is 2.24. The quantitative estimate of drug-likeness (QED) is 0.911. The molecule has 0 spiro atoms. The highest BCUT2D eigenvalue weighted by atomic mass is 79.9. The standard InChI is InChI=1S/C7H10BrNO2S2/c1-9-2-3-13(10,11)7-4-6(8)5-12-7/h4-5,9H,2-3H2,1H3. The van der Waals surface area contributed by atoms with Crippen LogP contribution in [0.5, 0.6) is 0 Å². The Labute approximate surface area is 90.2 Å². The molecule has 0 atom stereocenters. The zero-order valence-electron chi connectivity index (χ0n) is 7.08. The molecule has 0 amide bonds. The minimum atomic E-state index is -3.08. The van der Waals surface area contributed by atoms with Crippen LogP contribution in [-0.4, -0.2) is 27.8 Å². The molecule has 0 saturated heterocycles. The molecule has 0 saturated carbocycles. The van der Waals surface area contributed by atoms with Crippen molar-refractivity contribution in [3.63, 3.8) is 0 Å². The second-order valence-corrected chi connectivity index (χ2v) is 6.67. The Kier molecular flexibility index (Phi) is 3.90. The average Bonchev–Trinajstić information content (AvgIpc) is 2.49. The first-order valence-electron chi connectivity index (χ1n) is 3.67. The molecule has 0 aliphatic rings. The number of thiophene rings is 1. The van der Waals surface area contributed by atoms with Gasteiger partial charge in [0, 0.05) is 16.4 Å². The third-order valence-corrected chi connectivity index (χ3v) is 5.48. The zero-order chi connectivity index (χ0) is 9.90. The van der Waals surface area contributed by atoms with Crippen molar-refractivity contribution in [2.45, 2.75) is 4.21 Å².